The summed E-state index contributed by atoms with van der Waals surface area (Å²) in [6.45, 7) is 4.58. The number of ether oxygens (including phenoxy) is 1. The number of nitrogens with zero attached hydrogens (tertiary/aromatic N) is 1. The molecule has 4 nitrogen and oxygen atoms in total. The lowest BCUT2D eigenvalue weighted by Gasteiger charge is -2.33. The second-order valence-electron chi connectivity index (χ2n) is 4.61. The highest BCUT2D eigenvalue weighted by Gasteiger charge is 2.31. The largest absolute Gasteiger partial charge is 0.508 e. The lowest BCUT2D eigenvalue weighted by atomic mass is 10.1. The smallest absolute Gasteiger partial charge is 0.267 e. The molecular formula is C14H19NO3. The van der Waals surface area contributed by atoms with E-state index in [1.165, 1.54) is 0 Å². The zero-order valence-corrected chi connectivity index (χ0v) is 10.8. The Morgan fingerprint density at radius 2 is 2.17 bits per heavy atom. The van der Waals surface area contributed by atoms with Crippen molar-refractivity contribution in [2.75, 3.05) is 11.4 Å². The van der Waals surface area contributed by atoms with Crippen LogP contribution in [-0.4, -0.2) is 23.7 Å². The average molecular weight is 249 g/mol. The maximum atomic E-state index is 12.1. The van der Waals surface area contributed by atoms with E-state index in [9.17, 15) is 9.90 Å². The summed E-state index contributed by atoms with van der Waals surface area (Å²) < 4.78 is 5.51. The number of carbonyl (C=O) groups excluding carboxylic acids is 1. The SMILES string of the molecule is CCCCCN1C(=O)C(C)Oc2cc(O)ccc21. The van der Waals surface area contributed by atoms with Gasteiger partial charge < -0.3 is 14.7 Å². The van der Waals surface area contributed by atoms with E-state index >= 15 is 0 Å². The Bertz CT molecular complexity index is 445. The third-order valence-electron chi connectivity index (χ3n) is 3.14. The van der Waals surface area contributed by atoms with Crippen LogP contribution in [0.25, 0.3) is 0 Å². The van der Waals surface area contributed by atoms with Crippen LogP contribution < -0.4 is 9.64 Å². The minimum absolute atomic E-state index is 0.00991. The molecule has 1 aliphatic heterocycles. The first-order valence-electron chi connectivity index (χ1n) is 6.44. The molecule has 98 valence electrons. The van der Waals surface area contributed by atoms with Gasteiger partial charge in [-0.25, -0.2) is 0 Å². The van der Waals surface area contributed by atoms with Crippen molar-refractivity contribution in [3.8, 4) is 11.5 Å². The molecule has 0 fully saturated rings. The van der Waals surface area contributed by atoms with Gasteiger partial charge >= 0.3 is 0 Å². The monoisotopic (exact) mass is 249 g/mol. The molecule has 1 atom stereocenters. The van der Waals surface area contributed by atoms with Gasteiger partial charge in [0.05, 0.1) is 5.69 Å². The molecule has 0 saturated heterocycles. The number of benzene rings is 1. The fourth-order valence-electron chi connectivity index (χ4n) is 2.15. The molecule has 2 rings (SSSR count). The molecule has 0 bridgehead atoms. The second kappa shape index (κ2) is 5.29. The Labute approximate surface area is 107 Å². The zero-order chi connectivity index (χ0) is 13.1. The molecule has 1 aromatic carbocycles. The molecule has 1 aliphatic rings. The van der Waals surface area contributed by atoms with E-state index in [1.54, 1.807) is 30.0 Å². The fraction of sp³-hybridized carbons (Fsp3) is 0.500. The summed E-state index contributed by atoms with van der Waals surface area (Å²) in [6.07, 6.45) is 2.72. The highest BCUT2D eigenvalue weighted by atomic mass is 16.5. The number of phenols is 1. The molecule has 0 radical (unpaired) electrons. The summed E-state index contributed by atoms with van der Waals surface area (Å²) in [5, 5.41) is 9.46. The standard InChI is InChI=1S/C14H19NO3/c1-3-4-5-8-15-12-7-6-11(16)9-13(12)18-10(2)14(15)17/h6-7,9-10,16H,3-5,8H2,1-2H3. The van der Waals surface area contributed by atoms with E-state index in [0.29, 0.717) is 12.3 Å². The summed E-state index contributed by atoms with van der Waals surface area (Å²) in [7, 11) is 0. The van der Waals surface area contributed by atoms with Crippen LogP contribution in [0.2, 0.25) is 0 Å². The van der Waals surface area contributed by atoms with Gasteiger partial charge in [0.15, 0.2) is 6.10 Å². The number of anilines is 1. The minimum Gasteiger partial charge on any atom is -0.508 e. The second-order valence-corrected chi connectivity index (χ2v) is 4.61. The third-order valence-corrected chi connectivity index (χ3v) is 3.14. The van der Waals surface area contributed by atoms with Crippen LogP contribution in [0.5, 0.6) is 11.5 Å². The Morgan fingerprint density at radius 1 is 1.39 bits per heavy atom. The van der Waals surface area contributed by atoms with Crippen molar-refractivity contribution in [1.29, 1.82) is 0 Å². The van der Waals surface area contributed by atoms with Gasteiger partial charge in [0.2, 0.25) is 0 Å². The molecule has 1 aromatic rings. The fourth-order valence-corrected chi connectivity index (χ4v) is 2.15. The molecule has 0 saturated carbocycles. The normalized spacial score (nSPS) is 18.4. The van der Waals surface area contributed by atoms with Crippen molar-refractivity contribution in [3.63, 3.8) is 0 Å². The number of phenolic OH excluding ortho intramolecular Hbond substituents is 1. The number of aromatic hydroxyl groups is 1. The van der Waals surface area contributed by atoms with E-state index in [2.05, 4.69) is 6.92 Å². The highest BCUT2D eigenvalue weighted by molar-refractivity contribution is 5.99. The molecule has 0 aromatic heterocycles. The van der Waals surface area contributed by atoms with Crippen LogP contribution in [0.3, 0.4) is 0 Å². The Morgan fingerprint density at radius 3 is 2.89 bits per heavy atom. The number of carbonyl (C=O) groups is 1. The van der Waals surface area contributed by atoms with Crippen LogP contribution in [0.4, 0.5) is 5.69 Å². The zero-order valence-electron chi connectivity index (χ0n) is 10.8. The van der Waals surface area contributed by atoms with Gasteiger partial charge in [0.25, 0.3) is 5.91 Å². The first-order valence-corrected chi connectivity index (χ1v) is 6.44. The predicted octanol–water partition coefficient (Wildman–Crippen LogP) is 2.70. The minimum atomic E-state index is -0.485. The Kier molecular flexibility index (Phi) is 3.75. The maximum Gasteiger partial charge on any atom is 0.267 e. The van der Waals surface area contributed by atoms with Crippen molar-refractivity contribution < 1.29 is 14.6 Å². The number of unbranched alkanes of at least 4 members (excludes halogenated alkanes) is 2. The molecule has 18 heavy (non-hydrogen) atoms. The van der Waals surface area contributed by atoms with Gasteiger partial charge in [-0.1, -0.05) is 19.8 Å². The first kappa shape index (κ1) is 12.7. The van der Waals surface area contributed by atoms with Gasteiger partial charge in [0.1, 0.15) is 11.5 Å². The van der Waals surface area contributed by atoms with Gasteiger partial charge in [-0.15, -0.1) is 0 Å². The van der Waals surface area contributed by atoms with Crippen LogP contribution in [0.15, 0.2) is 18.2 Å². The molecule has 0 spiro atoms. The molecule has 1 unspecified atom stereocenters. The lowest BCUT2D eigenvalue weighted by molar-refractivity contribution is -0.125. The van der Waals surface area contributed by atoms with Crippen LogP contribution >= 0.6 is 0 Å². The topological polar surface area (TPSA) is 49.8 Å². The molecule has 1 N–H and O–H groups in total. The summed E-state index contributed by atoms with van der Waals surface area (Å²) in [5.74, 6) is 0.728. The predicted molar refractivity (Wildman–Crippen MR) is 70.1 cm³/mol. The average Bonchev–Trinajstić information content (AvgIpc) is 2.34. The maximum absolute atomic E-state index is 12.1. The Balaban J connectivity index is 2.24. The van der Waals surface area contributed by atoms with Crippen molar-refractivity contribution in [2.45, 2.75) is 39.2 Å². The lowest BCUT2D eigenvalue weighted by Crippen LogP contribution is -2.44. The first-order chi connectivity index (χ1) is 8.63. The van der Waals surface area contributed by atoms with E-state index in [4.69, 9.17) is 4.74 Å². The number of hydrogen-bond acceptors (Lipinski definition) is 3. The van der Waals surface area contributed by atoms with E-state index in [0.717, 1.165) is 24.9 Å². The van der Waals surface area contributed by atoms with Gasteiger partial charge in [-0.2, -0.15) is 0 Å². The van der Waals surface area contributed by atoms with Crippen molar-refractivity contribution >= 4 is 11.6 Å². The van der Waals surface area contributed by atoms with Crippen LogP contribution in [0, 0.1) is 0 Å². The van der Waals surface area contributed by atoms with Crippen LogP contribution in [0.1, 0.15) is 33.1 Å². The number of amides is 1. The van der Waals surface area contributed by atoms with E-state index in [1.807, 2.05) is 0 Å². The summed E-state index contributed by atoms with van der Waals surface area (Å²) in [4.78, 5) is 13.9. The van der Waals surface area contributed by atoms with Gasteiger partial charge in [-0.3, -0.25) is 4.79 Å². The van der Waals surface area contributed by atoms with Crippen molar-refractivity contribution in [3.05, 3.63) is 18.2 Å². The summed E-state index contributed by atoms with van der Waals surface area (Å²) in [5.41, 5.74) is 0.756. The van der Waals surface area contributed by atoms with Crippen molar-refractivity contribution in [1.82, 2.24) is 0 Å². The number of fused-ring (bicyclic) bond motifs is 1. The third kappa shape index (κ3) is 2.42. The summed E-state index contributed by atoms with van der Waals surface area (Å²) in [6, 6.07) is 4.88. The van der Waals surface area contributed by atoms with E-state index in [-0.39, 0.29) is 11.7 Å². The highest BCUT2D eigenvalue weighted by Crippen LogP contribution is 2.36. The molecule has 4 heteroatoms. The van der Waals surface area contributed by atoms with Gasteiger partial charge in [0, 0.05) is 12.6 Å². The van der Waals surface area contributed by atoms with E-state index < -0.39 is 6.10 Å². The van der Waals surface area contributed by atoms with Gasteiger partial charge in [-0.05, 0) is 25.5 Å². The summed E-state index contributed by atoms with van der Waals surface area (Å²) >= 11 is 0. The molecule has 1 amide bonds. The number of rotatable bonds is 4. The quantitative estimate of drug-likeness (QED) is 0.835. The molecular weight excluding hydrogens is 230 g/mol. The van der Waals surface area contributed by atoms with Crippen molar-refractivity contribution in [2.24, 2.45) is 0 Å². The Hall–Kier alpha value is -1.71. The number of hydrogen-bond donors (Lipinski definition) is 1. The molecule has 1 heterocycles. The van der Waals surface area contributed by atoms with Crippen LogP contribution in [-0.2, 0) is 4.79 Å². The molecule has 0 aliphatic carbocycles.